The van der Waals surface area contributed by atoms with Gasteiger partial charge in [-0.2, -0.15) is 13.2 Å². The Hall–Kier alpha value is -2.16. The Morgan fingerprint density at radius 3 is 2.44 bits per heavy atom. The van der Waals surface area contributed by atoms with Crippen molar-refractivity contribution >= 4 is 27.9 Å². The zero-order valence-electron chi connectivity index (χ0n) is 23.1. The monoisotopic (exact) mass is 608 g/mol. The van der Waals surface area contributed by atoms with Gasteiger partial charge in [-0.05, 0) is 88.5 Å². The van der Waals surface area contributed by atoms with Crippen LogP contribution >= 0.6 is 15.9 Å². The maximum atomic E-state index is 14.2. The Labute approximate surface area is 238 Å². The molecule has 39 heavy (non-hydrogen) atoms. The first kappa shape index (κ1) is 31.4. The van der Waals surface area contributed by atoms with Crippen LogP contribution in [0.1, 0.15) is 83.6 Å². The summed E-state index contributed by atoms with van der Waals surface area (Å²) >= 11 is 3.44. The highest BCUT2D eigenvalue weighted by atomic mass is 79.9. The number of hydrogen-bond acceptors (Lipinski definition) is 3. The third-order valence-corrected chi connectivity index (χ3v) is 8.03. The molecule has 1 atom stereocenters. The molecule has 1 aliphatic rings. The van der Waals surface area contributed by atoms with Gasteiger partial charge in [0.25, 0.3) is 5.91 Å². The van der Waals surface area contributed by atoms with Gasteiger partial charge in [0.05, 0.1) is 18.1 Å². The second-order valence-corrected chi connectivity index (χ2v) is 11.3. The number of allylic oxidation sites excluding steroid dienone is 1. The van der Waals surface area contributed by atoms with Crippen LogP contribution in [0, 0.1) is 6.92 Å². The number of nitrogens with zero attached hydrogens (tertiary/aromatic N) is 1. The maximum Gasteiger partial charge on any atom is 0.399 e. The van der Waals surface area contributed by atoms with Gasteiger partial charge in [0.1, 0.15) is 0 Å². The highest BCUT2D eigenvalue weighted by Gasteiger charge is 2.39. The highest BCUT2D eigenvalue weighted by Crippen LogP contribution is 2.38. The molecule has 0 saturated carbocycles. The number of β-amino-alcohol motifs (C(OH)–C–C–N with tert-alkyl or cyclic N) is 1. The first-order valence-corrected chi connectivity index (χ1v) is 14.7. The fraction of sp³-hybridized carbons (Fsp3) is 0.516. The number of carbonyl (C=O) groups is 1. The average molecular weight is 610 g/mol. The molecule has 1 heterocycles. The van der Waals surface area contributed by atoms with E-state index in [1.54, 1.807) is 30.3 Å². The first-order chi connectivity index (χ1) is 18.6. The lowest BCUT2D eigenvalue weighted by atomic mass is 9.87. The van der Waals surface area contributed by atoms with Gasteiger partial charge >= 0.3 is 6.18 Å². The number of aliphatic hydroxyl groups excluding tert-OH is 1. The average Bonchev–Trinajstić information content (AvgIpc) is 2.87. The number of piperidine rings is 1. The largest absolute Gasteiger partial charge is 0.399 e. The molecule has 1 saturated heterocycles. The molecular formula is C31H40BrF3N2O2. The molecule has 214 valence electrons. The molecule has 1 fully saturated rings. The second-order valence-electron chi connectivity index (χ2n) is 10.4. The Morgan fingerprint density at radius 1 is 1.15 bits per heavy atom. The molecule has 2 aromatic rings. The Bertz CT molecular complexity index is 1140. The van der Waals surface area contributed by atoms with Crippen molar-refractivity contribution < 1.29 is 23.1 Å². The molecule has 1 unspecified atom stereocenters. The third kappa shape index (κ3) is 8.66. The van der Waals surface area contributed by atoms with Gasteiger partial charge in [-0.15, -0.1) is 0 Å². The molecule has 2 aromatic carbocycles. The molecule has 0 aliphatic carbocycles. The lowest BCUT2D eigenvalue weighted by molar-refractivity contribution is -0.139. The smallest absolute Gasteiger partial charge is 0.395 e. The summed E-state index contributed by atoms with van der Waals surface area (Å²) in [5.74, 6) is -1.93. The van der Waals surface area contributed by atoms with Crippen LogP contribution in [0.3, 0.4) is 0 Å². The zero-order chi connectivity index (χ0) is 28.6. The van der Waals surface area contributed by atoms with Crippen molar-refractivity contribution in [3.63, 3.8) is 0 Å². The molecular weight excluding hydrogens is 569 g/mol. The molecule has 3 rings (SSSR count). The first-order valence-electron chi connectivity index (χ1n) is 13.9. The minimum atomic E-state index is -4.43. The van der Waals surface area contributed by atoms with Crippen LogP contribution in [0.5, 0.6) is 0 Å². The van der Waals surface area contributed by atoms with Crippen LogP contribution in [0.4, 0.5) is 13.2 Å². The standard InChI is InChI=1S/C31H40BrF3N2O2/c1-4-6-23-20-24(18-21(3)26(23)7-5-2)28(31(33,34)35)11-9-22-8-10-27(29(32)19-22)30(39)36-25-12-14-37(15-13-25)16-17-38/h8-11,18-20,25,28,38H,4-7,12-17H2,1-3H3,(H,36,39)/b11-9+. The number of alkyl halides is 3. The van der Waals surface area contributed by atoms with E-state index >= 15 is 0 Å². The highest BCUT2D eigenvalue weighted by molar-refractivity contribution is 9.10. The number of rotatable bonds is 11. The van der Waals surface area contributed by atoms with Gasteiger partial charge in [0, 0.05) is 30.1 Å². The summed E-state index contributed by atoms with van der Waals surface area (Å²) in [6.45, 7) is 8.43. The SMILES string of the molecule is CCCc1cc(C(/C=C/c2ccc(C(=O)NC3CCN(CCO)CC3)c(Br)c2)C(F)(F)F)cc(C)c1CCC. The normalized spacial score (nSPS) is 16.1. The van der Waals surface area contributed by atoms with Gasteiger partial charge in [-0.3, -0.25) is 4.79 Å². The quantitative estimate of drug-likeness (QED) is 0.283. The van der Waals surface area contributed by atoms with Gasteiger partial charge in [-0.1, -0.05) is 57.0 Å². The third-order valence-electron chi connectivity index (χ3n) is 7.38. The predicted molar refractivity (Wildman–Crippen MR) is 155 cm³/mol. The molecule has 0 radical (unpaired) electrons. The van der Waals surface area contributed by atoms with E-state index in [2.05, 4.69) is 33.1 Å². The number of likely N-dealkylation sites (tertiary alicyclic amines) is 1. The van der Waals surface area contributed by atoms with E-state index < -0.39 is 12.1 Å². The molecule has 0 spiro atoms. The van der Waals surface area contributed by atoms with Crippen molar-refractivity contribution in [2.24, 2.45) is 0 Å². The molecule has 0 aromatic heterocycles. The van der Waals surface area contributed by atoms with Crippen LogP contribution in [-0.2, 0) is 12.8 Å². The summed E-state index contributed by atoms with van der Waals surface area (Å²) in [6.07, 6.45) is 3.34. The van der Waals surface area contributed by atoms with Crippen LogP contribution in [0.25, 0.3) is 6.08 Å². The number of hydrogen-bond donors (Lipinski definition) is 2. The summed E-state index contributed by atoms with van der Waals surface area (Å²) < 4.78 is 43.2. The van der Waals surface area contributed by atoms with Crippen LogP contribution in [-0.4, -0.2) is 54.4 Å². The summed E-state index contributed by atoms with van der Waals surface area (Å²) in [4.78, 5) is 15.0. The van der Waals surface area contributed by atoms with Gasteiger partial charge in [0.2, 0.25) is 0 Å². The summed E-state index contributed by atoms with van der Waals surface area (Å²) in [6, 6.07) is 8.47. The number of benzene rings is 2. The van der Waals surface area contributed by atoms with Crippen molar-refractivity contribution in [2.75, 3.05) is 26.2 Å². The number of aryl methyl sites for hydroxylation is 2. The molecule has 1 aliphatic heterocycles. The van der Waals surface area contributed by atoms with Crippen molar-refractivity contribution in [2.45, 2.75) is 77.4 Å². The summed E-state index contributed by atoms with van der Waals surface area (Å²) in [7, 11) is 0. The van der Waals surface area contributed by atoms with E-state index in [9.17, 15) is 18.0 Å². The summed E-state index contributed by atoms with van der Waals surface area (Å²) in [5, 5.41) is 12.1. The van der Waals surface area contributed by atoms with E-state index in [0.717, 1.165) is 62.7 Å². The van der Waals surface area contributed by atoms with Gasteiger partial charge in [0.15, 0.2) is 0 Å². The Kier molecular flexibility index (Phi) is 11.6. The number of amides is 1. The van der Waals surface area contributed by atoms with Crippen LogP contribution in [0.15, 0.2) is 40.9 Å². The summed E-state index contributed by atoms with van der Waals surface area (Å²) in [5.41, 5.74) is 4.38. The van der Waals surface area contributed by atoms with E-state index in [-0.39, 0.29) is 24.1 Å². The van der Waals surface area contributed by atoms with E-state index in [1.807, 2.05) is 13.8 Å². The molecule has 0 bridgehead atoms. The molecule has 2 N–H and O–H groups in total. The number of carbonyl (C=O) groups excluding carboxylic acids is 1. The van der Waals surface area contributed by atoms with E-state index in [1.165, 1.54) is 17.7 Å². The zero-order valence-corrected chi connectivity index (χ0v) is 24.7. The van der Waals surface area contributed by atoms with Crippen molar-refractivity contribution in [3.8, 4) is 0 Å². The van der Waals surface area contributed by atoms with Crippen molar-refractivity contribution in [1.82, 2.24) is 10.2 Å². The molecule has 8 heteroatoms. The number of halogens is 4. The topological polar surface area (TPSA) is 52.6 Å². The minimum absolute atomic E-state index is 0.0521. The Balaban J connectivity index is 1.77. The second kappa shape index (κ2) is 14.5. The van der Waals surface area contributed by atoms with Crippen molar-refractivity contribution in [1.29, 1.82) is 0 Å². The number of aliphatic hydroxyl groups is 1. The van der Waals surface area contributed by atoms with Gasteiger partial charge < -0.3 is 15.3 Å². The van der Waals surface area contributed by atoms with Gasteiger partial charge in [-0.25, -0.2) is 0 Å². The number of nitrogens with one attached hydrogen (secondary N) is 1. The van der Waals surface area contributed by atoms with E-state index in [4.69, 9.17) is 5.11 Å². The fourth-order valence-corrected chi connectivity index (χ4v) is 5.92. The van der Waals surface area contributed by atoms with Crippen molar-refractivity contribution in [3.05, 3.63) is 74.3 Å². The molecule has 4 nitrogen and oxygen atoms in total. The molecule has 1 amide bonds. The minimum Gasteiger partial charge on any atom is -0.395 e. The fourth-order valence-electron chi connectivity index (χ4n) is 5.34. The lowest BCUT2D eigenvalue weighted by Crippen LogP contribution is -2.45. The van der Waals surface area contributed by atoms with Crippen LogP contribution < -0.4 is 5.32 Å². The van der Waals surface area contributed by atoms with E-state index in [0.29, 0.717) is 22.1 Å². The predicted octanol–water partition coefficient (Wildman–Crippen LogP) is 7.21. The lowest BCUT2D eigenvalue weighted by Gasteiger charge is -2.31. The maximum absolute atomic E-state index is 14.2. The Morgan fingerprint density at radius 2 is 1.85 bits per heavy atom. The van der Waals surface area contributed by atoms with Crippen LogP contribution in [0.2, 0.25) is 0 Å².